The van der Waals surface area contributed by atoms with E-state index in [0.717, 1.165) is 24.4 Å². The molecule has 1 aromatic heterocycles. The maximum atomic E-state index is 3.80. The van der Waals surface area contributed by atoms with Crippen LogP contribution in [-0.2, 0) is 13.0 Å². The Bertz CT molecular complexity index is 357. The van der Waals surface area contributed by atoms with Crippen LogP contribution in [-0.4, -0.2) is 6.04 Å². The van der Waals surface area contributed by atoms with Gasteiger partial charge in [-0.2, -0.15) is 0 Å². The molecule has 1 aromatic rings. The molecule has 3 rings (SSSR count). The molecule has 0 aliphatic heterocycles. The Hall–Kier alpha value is -0.340. The summed E-state index contributed by atoms with van der Waals surface area (Å²) in [6.45, 7) is 3.36. The van der Waals surface area contributed by atoms with E-state index in [-0.39, 0.29) is 0 Å². The molecular formula is C14H21NS. The third-order valence-electron chi connectivity index (χ3n) is 4.48. The molecule has 2 heteroatoms. The third-order valence-corrected chi connectivity index (χ3v) is 5.44. The van der Waals surface area contributed by atoms with Crippen LogP contribution in [0.5, 0.6) is 0 Å². The van der Waals surface area contributed by atoms with E-state index in [2.05, 4.69) is 23.7 Å². The van der Waals surface area contributed by atoms with Crippen molar-refractivity contribution in [2.75, 3.05) is 0 Å². The Balaban J connectivity index is 1.57. The Kier molecular flexibility index (Phi) is 3.03. The fourth-order valence-corrected chi connectivity index (χ4v) is 4.48. The zero-order valence-corrected chi connectivity index (χ0v) is 10.9. The summed E-state index contributed by atoms with van der Waals surface area (Å²) >= 11 is 1.92. The van der Waals surface area contributed by atoms with Crippen molar-refractivity contribution in [3.63, 3.8) is 0 Å². The first-order chi connectivity index (χ1) is 7.86. The van der Waals surface area contributed by atoms with Crippen LogP contribution >= 0.6 is 11.3 Å². The van der Waals surface area contributed by atoms with Crippen molar-refractivity contribution in [1.29, 1.82) is 0 Å². The smallest absolute Gasteiger partial charge is 0.0305 e. The summed E-state index contributed by atoms with van der Waals surface area (Å²) in [4.78, 5) is 1.56. The van der Waals surface area contributed by atoms with Crippen molar-refractivity contribution in [2.24, 2.45) is 11.8 Å². The molecule has 2 aliphatic carbocycles. The third kappa shape index (κ3) is 1.93. The topological polar surface area (TPSA) is 12.0 Å². The maximum absolute atomic E-state index is 3.80. The van der Waals surface area contributed by atoms with E-state index in [1.807, 2.05) is 11.3 Å². The van der Waals surface area contributed by atoms with Crippen LogP contribution in [0.2, 0.25) is 0 Å². The van der Waals surface area contributed by atoms with Crippen LogP contribution in [0.25, 0.3) is 0 Å². The molecule has 16 heavy (non-hydrogen) atoms. The zero-order chi connectivity index (χ0) is 11.0. The Labute approximate surface area is 102 Å². The van der Waals surface area contributed by atoms with Crippen molar-refractivity contribution in [3.8, 4) is 0 Å². The minimum Gasteiger partial charge on any atom is -0.309 e. The quantitative estimate of drug-likeness (QED) is 0.841. The first-order valence-electron chi connectivity index (χ1n) is 6.65. The van der Waals surface area contributed by atoms with Crippen LogP contribution in [0.1, 0.15) is 43.0 Å². The highest BCUT2D eigenvalue weighted by Gasteiger charge is 2.38. The van der Waals surface area contributed by atoms with Gasteiger partial charge in [-0.1, -0.05) is 13.3 Å². The SMILES string of the molecule is CCc1ccsc1CNC1CC2CCC1C2. The largest absolute Gasteiger partial charge is 0.309 e. The van der Waals surface area contributed by atoms with Crippen molar-refractivity contribution in [3.05, 3.63) is 21.9 Å². The van der Waals surface area contributed by atoms with Gasteiger partial charge in [-0.05, 0) is 54.5 Å². The lowest BCUT2D eigenvalue weighted by atomic mass is 9.95. The van der Waals surface area contributed by atoms with Gasteiger partial charge < -0.3 is 5.32 Å². The zero-order valence-electron chi connectivity index (χ0n) is 10.0. The summed E-state index contributed by atoms with van der Waals surface area (Å²) < 4.78 is 0. The molecule has 0 spiro atoms. The lowest BCUT2D eigenvalue weighted by Gasteiger charge is -2.22. The van der Waals surface area contributed by atoms with Crippen molar-refractivity contribution >= 4 is 11.3 Å². The lowest BCUT2D eigenvalue weighted by Crippen LogP contribution is -2.33. The molecule has 0 aromatic carbocycles. The predicted octanol–water partition coefficient (Wildman–Crippen LogP) is 3.59. The summed E-state index contributed by atoms with van der Waals surface area (Å²) in [5.41, 5.74) is 1.54. The Morgan fingerprint density at radius 3 is 3.00 bits per heavy atom. The minimum absolute atomic E-state index is 0.825. The van der Waals surface area contributed by atoms with E-state index in [1.165, 1.54) is 32.1 Å². The average molecular weight is 235 g/mol. The van der Waals surface area contributed by atoms with E-state index in [4.69, 9.17) is 0 Å². The molecular weight excluding hydrogens is 214 g/mol. The van der Waals surface area contributed by atoms with Crippen molar-refractivity contribution in [2.45, 2.75) is 51.6 Å². The summed E-state index contributed by atoms with van der Waals surface area (Å²) in [5, 5.41) is 6.03. The number of hydrogen-bond acceptors (Lipinski definition) is 2. The second-order valence-electron chi connectivity index (χ2n) is 5.38. The molecule has 2 bridgehead atoms. The van der Waals surface area contributed by atoms with Gasteiger partial charge in [0.05, 0.1) is 0 Å². The van der Waals surface area contributed by atoms with Gasteiger partial charge in [0, 0.05) is 17.5 Å². The highest BCUT2D eigenvalue weighted by molar-refractivity contribution is 7.10. The molecule has 88 valence electrons. The standard InChI is InChI=1S/C14H21NS/c1-2-11-5-6-16-14(11)9-15-13-8-10-3-4-12(13)7-10/h5-6,10,12-13,15H,2-4,7-9H2,1H3. The highest BCUT2D eigenvalue weighted by atomic mass is 32.1. The second-order valence-corrected chi connectivity index (χ2v) is 6.39. The first-order valence-corrected chi connectivity index (χ1v) is 7.53. The molecule has 3 unspecified atom stereocenters. The molecule has 0 amide bonds. The highest BCUT2D eigenvalue weighted by Crippen LogP contribution is 2.44. The minimum atomic E-state index is 0.825. The normalized spacial score (nSPS) is 32.4. The van der Waals surface area contributed by atoms with Gasteiger partial charge in [-0.15, -0.1) is 11.3 Å². The molecule has 1 nitrogen and oxygen atoms in total. The van der Waals surface area contributed by atoms with Crippen LogP contribution in [0, 0.1) is 11.8 Å². The molecule has 1 N–H and O–H groups in total. The van der Waals surface area contributed by atoms with Gasteiger partial charge in [0.15, 0.2) is 0 Å². The number of rotatable bonds is 4. The van der Waals surface area contributed by atoms with Gasteiger partial charge in [-0.3, -0.25) is 0 Å². The van der Waals surface area contributed by atoms with E-state index >= 15 is 0 Å². The lowest BCUT2D eigenvalue weighted by molar-refractivity contribution is 0.351. The Morgan fingerprint density at radius 2 is 2.31 bits per heavy atom. The molecule has 1 heterocycles. The molecule has 3 atom stereocenters. The van der Waals surface area contributed by atoms with Gasteiger partial charge >= 0.3 is 0 Å². The van der Waals surface area contributed by atoms with E-state index < -0.39 is 0 Å². The van der Waals surface area contributed by atoms with Gasteiger partial charge in [-0.25, -0.2) is 0 Å². The van der Waals surface area contributed by atoms with Crippen LogP contribution in [0.4, 0.5) is 0 Å². The maximum Gasteiger partial charge on any atom is 0.0305 e. The van der Waals surface area contributed by atoms with Gasteiger partial charge in [0.1, 0.15) is 0 Å². The van der Waals surface area contributed by atoms with Gasteiger partial charge in [0.25, 0.3) is 0 Å². The summed E-state index contributed by atoms with van der Waals surface area (Å²) in [6, 6.07) is 3.10. The molecule has 0 saturated heterocycles. The van der Waals surface area contributed by atoms with Crippen molar-refractivity contribution < 1.29 is 0 Å². The van der Waals surface area contributed by atoms with Crippen LogP contribution in [0.15, 0.2) is 11.4 Å². The molecule has 2 fully saturated rings. The Morgan fingerprint density at radius 1 is 1.38 bits per heavy atom. The van der Waals surface area contributed by atoms with Crippen LogP contribution in [0.3, 0.4) is 0 Å². The van der Waals surface area contributed by atoms with Gasteiger partial charge in [0.2, 0.25) is 0 Å². The number of aryl methyl sites for hydroxylation is 1. The second kappa shape index (κ2) is 4.50. The van der Waals surface area contributed by atoms with Crippen LogP contribution < -0.4 is 5.32 Å². The van der Waals surface area contributed by atoms with E-state index in [9.17, 15) is 0 Å². The van der Waals surface area contributed by atoms with E-state index in [0.29, 0.717) is 0 Å². The molecule has 2 saturated carbocycles. The summed E-state index contributed by atoms with van der Waals surface area (Å²) in [7, 11) is 0. The average Bonchev–Trinajstić information content (AvgIpc) is 3.01. The summed E-state index contributed by atoms with van der Waals surface area (Å²) in [6.07, 6.45) is 7.10. The number of fused-ring (bicyclic) bond motifs is 2. The number of thiophene rings is 1. The number of nitrogens with one attached hydrogen (secondary N) is 1. The fraction of sp³-hybridized carbons (Fsp3) is 0.714. The summed E-state index contributed by atoms with van der Waals surface area (Å²) in [5.74, 6) is 2.05. The molecule has 0 radical (unpaired) electrons. The van der Waals surface area contributed by atoms with Crippen molar-refractivity contribution in [1.82, 2.24) is 5.32 Å². The first kappa shape index (κ1) is 10.8. The molecule has 2 aliphatic rings. The number of hydrogen-bond donors (Lipinski definition) is 1. The predicted molar refractivity (Wildman–Crippen MR) is 69.8 cm³/mol. The monoisotopic (exact) mass is 235 g/mol. The fourth-order valence-electron chi connectivity index (χ4n) is 3.56. The van der Waals surface area contributed by atoms with E-state index in [1.54, 1.807) is 10.4 Å².